The third kappa shape index (κ3) is 3.80. The smallest absolute Gasteiger partial charge is 0.325 e. The number of hydrogen-bond donors (Lipinski definition) is 2. The Bertz CT molecular complexity index is 1020. The van der Waals surface area contributed by atoms with Crippen LogP contribution in [0.3, 0.4) is 0 Å². The fraction of sp³-hybridized carbons (Fsp3) is 0.348. The fourth-order valence-electron chi connectivity index (χ4n) is 4.18. The summed E-state index contributed by atoms with van der Waals surface area (Å²) in [5, 5.41) is 10.9. The molecule has 2 heterocycles. The molecule has 1 aliphatic heterocycles. The Labute approximate surface area is 175 Å². The zero-order valence-electron chi connectivity index (χ0n) is 17.3. The number of para-hydroxylation sites is 2. The number of carboxylic acids is 1. The lowest BCUT2D eigenvalue weighted by molar-refractivity contribution is -0.143. The summed E-state index contributed by atoms with van der Waals surface area (Å²) >= 11 is 0. The van der Waals surface area contributed by atoms with Crippen LogP contribution in [-0.2, 0) is 4.79 Å². The minimum absolute atomic E-state index is 0.613. The Hall–Kier alpha value is -3.19. The number of carboxylic acid groups (broad SMARTS) is 1. The highest BCUT2D eigenvalue weighted by Crippen LogP contribution is 2.33. The maximum atomic E-state index is 12.3. The first-order chi connectivity index (χ1) is 14.6. The number of carbonyl (C=O) groups is 1. The van der Waals surface area contributed by atoms with Gasteiger partial charge >= 0.3 is 5.97 Å². The zero-order chi connectivity index (χ0) is 21.1. The predicted molar refractivity (Wildman–Crippen MR) is 117 cm³/mol. The van der Waals surface area contributed by atoms with E-state index < -0.39 is 12.0 Å². The highest BCUT2D eigenvalue weighted by molar-refractivity contribution is 5.90. The Morgan fingerprint density at radius 2 is 1.93 bits per heavy atom. The summed E-state index contributed by atoms with van der Waals surface area (Å²) in [5.74, 6) is 0.735. The van der Waals surface area contributed by atoms with Crippen LogP contribution < -0.4 is 14.4 Å². The molecule has 4 rings (SSSR count). The number of aromatic amines is 1. The average Bonchev–Trinajstić information content (AvgIpc) is 3.17. The Kier molecular flexibility index (Phi) is 5.81. The number of rotatable bonds is 7. The van der Waals surface area contributed by atoms with E-state index in [0.717, 1.165) is 41.0 Å². The van der Waals surface area contributed by atoms with Gasteiger partial charge in [-0.2, -0.15) is 0 Å². The molecule has 1 fully saturated rings. The predicted octanol–water partition coefficient (Wildman–Crippen LogP) is 3.52. The summed E-state index contributed by atoms with van der Waals surface area (Å²) in [4.78, 5) is 19.8. The molecule has 2 N–H and O–H groups in total. The molecule has 1 atom stereocenters. The van der Waals surface area contributed by atoms with Gasteiger partial charge in [0.05, 0.1) is 19.4 Å². The molecule has 1 aliphatic rings. The number of aliphatic carboxylic acids is 1. The quantitative estimate of drug-likeness (QED) is 0.622. The van der Waals surface area contributed by atoms with Gasteiger partial charge in [-0.1, -0.05) is 12.1 Å². The van der Waals surface area contributed by atoms with Crippen molar-refractivity contribution >= 4 is 22.6 Å². The number of aromatic nitrogens is 1. The van der Waals surface area contributed by atoms with Gasteiger partial charge in [0.15, 0.2) is 0 Å². The van der Waals surface area contributed by atoms with Crippen LogP contribution in [0.2, 0.25) is 0 Å². The van der Waals surface area contributed by atoms with Crippen molar-refractivity contribution in [2.24, 2.45) is 0 Å². The molecule has 2 aromatic carbocycles. The first-order valence-corrected chi connectivity index (χ1v) is 10.2. The molecule has 158 valence electrons. The second-order valence-corrected chi connectivity index (χ2v) is 7.32. The van der Waals surface area contributed by atoms with Crippen molar-refractivity contribution in [1.82, 2.24) is 9.88 Å². The number of nitrogens with one attached hydrogen (secondary N) is 1. The standard InChI is InChI=1S/C23H27N3O4/c1-3-30-21-7-5-4-6-20(21)25-10-12-26(13-11-25)22(23(27)28)18-15-24-19-9-8-16(29-2)14-17(18)19/h4-9,14-15,22,24H,3,10-13H2,1-2H3,(H,27,28). The Morgan fingerprint density at radius 3 is 2.63 bits per heavy atom. The van der Waals surface area contributed by atoms with Crippen molar-refractivity contribution < 1.29 is 19.4 Å². The molecule has 3 aromatic rings. The van der Waals surface area contributed by atoms with Crippen LogP contribution in [0.25, 0.3) is 10.9 Å². The molecule has 1 unspecified atom stereocenters. The highest BCUT2D eigenvalue weighted by atomic mass is 16.5. The van der Waals surface area contributed by atoms with Crippen LogP contribution in [0.1, 0.15) is 18.5 Å². The number of hydrogen-bond acceptors (Lipinski definition) is 5. The second-order valence-electron chi connectivity index (χ2n) is 7.32. The topological polar surface area (TPSA) is 78.0 Å². The van der Waals surface area contributed by atoms with Gasteiger partial charge in [-0.25, -0.2) is 0 Å². The van der Waals surface area contributed by atoms with E-state index in [-0.39, 0.29) is 0 Å². The van der Waals surface area contributed by atoms with Crippen LogP contribution in [0.4, 0.5) is 5.69 Å². The zero-order valence-corrected chi connectivity index (χ0v) is 17.3. The summed E-state index contributed by atoms with van der Waals surface area (Å²) in [6.07, 6.45) is 1.81. The molecular formula is C23H27N3O4. The molecule has 0 bridgehead atoms. The number of H-pyrrole nitrogens is 1. The summed E-state index contributed by atoms with van der Waals surface area (Å²) in [5.41, 5.74) is 2.73. The molecule has 0 aliphatic carbocycles. The number of benzene rings is 2. The SMILES string of the molecule is CCOc1ccccc1N1CCN(C(C(=O)O)c2c[nH]c3ccc(OC)cc23)CC1. The second kappa shape index (κ2) is 8.67. The molecule has 1 saturated heterocycles. The van der Waals surface area contributed by atoms with Crippen LogP contribution in [0, 0.1) is 0 Å². The van der Waals surface area contributed by atoms with Crippen LogP contribution >= 0.6 is 0 Å². The molecule has 0 spiro atoms. The number of piperazine rings is 1. The average molecular weight is 409 g/mol. The van der Waals surface area contributed by atoms with Gasteiger partial charge in [0.25, 0.3) is 0 Å². The van der Waals surface area contributed by atoms with Gasteiger partial charge < -0.3 is 24.5 Å². The van der Waals surface area contributed by atoms with Crippen molar-refractivity contribution in [3.05, 3.63) is 54.2 Å². The molecule has 0 radical (unpaired) electrons. The highest BCUT2D eigenvalue weighted by Gasteiger charge is 2.32. The van der Waals surface area contributed by atoms with E-state index in [1.807, 2.05) is 48.2 Å². The lowest BCUT2D eigenvalue weighted by Crippen LogP contribution is -2.49. The van der Waals surface area contributed by atoms with Gasteiger partial charge in [-0.05, 0) is 37.3 Å². The molecule has 7 nitrogen and oxygen atoms in total. The largest absolute Gasteiger partial charge is 0.497 e. The third-order valence-electron chi connectivity index (χ3n) is 5.63. The number of ether oxygens (including phenoxy) is 2. The van der Waals surface area contributed by atoms with Crippen molar-refractivity contribution in [2.45, 2.75) is 13.0 Å². The van der Waals surface area contributed by atoms with Crippen molar-refractivity contribution in [1.29, 1.82) is 0 Å². The number of methoxy groups -OCH3 is 1. The normalized spacial score (nSPS) is 15.9. The molecule has 30 heavy (non-hydrogen) atoms. The van der Waals surface area contributed by atoms with Gasteiger partial charge in [0, 0.05) is 48.8 Å². The summed E-state index contributed by atoms with van der Waals surface area (Å²) in [6.45, 7) is 5.35. The first kappa shape index (κ1) is 20.1. The van der Waals surface area contributed by atoms with Crippen molar-refractivity contribution in [3.63, 3.8) is 0 Å². The maximum absolute atomic E-state index is 12.3. The van der Waals surface area contributed by atoms with E-state index in [2.05, 4.69) is 16.0 Å². The van der Waals surface area contributed by atoms with Gasteiger partial charge in [0.1, 0.15) is 17.5 Å². The Balaban J connectivity index is 1.56. The van der Waals surface area contributed by atoms with E-state index in [0.29, 0.717) is 25.4 Å². The molecule has 0 saturated carbocycles. The van der Waals surface area contributed by atoms with Gasteiger partial charge in [-0.3, -0.25) is 9.69 Å². The summed E-state index contributed by atoms with van der Waals surface area (Å²) < 4.78 is 11.1. The van der Waals surface area contributed by atoms with Gasteiger partial charge in [0.2, 0.25) is 0 Å². The van der Waals surface area contributed by atoms with Crippen molar-refractivity contribution in [2.75, 3.05) is 44.8 Å². The fourth-order valence-corrected chi connectivity index (χ4v) is 4.18. The van der Waals surface area contributed by atoms with E-state index >= 15 is 0 Å². The van der Waals surface area contributed by atoms with E-state index in [1.54, 1.807) is 13.3 Å². The van der Waals surface area contributed by atoms with Crippen LogP contribution in [0.5, 0.6) is 11.5 Å². The third-order valence-corrected chi connectivity index (χ3v) is 5.63. The van der Waals surface area contributed by atoms with Crippen LogP contribution in [0.15, 0.2) is 48.7 Å². The Morgan fingerprint density at radius 1 is 1.17 bits per heavy atom. The molecule has 1 aromatic heterocycles. The lowest BCUT2D eigenvalue weighted by Gasteiger charge is -2.39. The number of fused-ring (bicyclic) bond motifs is 1. The van der Waals surface area contributed by atoms with Crippen LogP contribution in [-0.4, -0.2) is 60.9 Å². The van der Waals surface area contributed by atoms with Gasteiger partial charge in [-0.15, -0.1) is 0 Å². The van der Waals surface area contributed by atoms with E-state index in [4.69, 9.17) is 9.47 Å². The molecular weight excluding hydrogens is 382 g/mol. The summed E-state index contributed by atoms with van der Waals surface area (Å²) in [6, 6.07) is 13.0. The number of nitrogens with zero attached hydrogens (tertiary/aromatic N) is 2. The van der Waals surface area contributed by atoms with E-state index in [1.165, 1.54) is 0 Å². The molecule has 0 amide bonds. The summed E-state index contributed by atoms with van der Waals surface area (Å²) in [7, 11) is 1.61. The minimum Gasteiger partial charge on any atom is -0.497 e. The maximum Gasteiger partial charge on any atom is 0.325 e. The first-order valence-electron chi connectivity index (χ1n) is 10.2. The van der Waals surface area contributed by atoms with E-state index in [9.17, 15) is 9.90 Å². The van der Waals surface area contributed by atoms with Crippen molar-refractivity contribution in [3.8, 4) is 11.5 Å². The lowest BCUT2D eigenvalue weighted by atomic mass is 10.0. The number of anilines is 1. The monoisotopic (exact) mass is 409 g/mol. The molecule has 7 heteroatoms. The minimum atomic E-state index is -0.845.